The number of ether oxygens (including phenoxy) is 3. The maximum absolute atomic E-state index is 13.5. The van der Waals surface area contributed by atoms with Crippen LogP contribution in [0.5, 0.6) is 0 Å². The van der Waals surface area contributed by atoms with E-state index in [1.54, 1.807) is 6.08 Å². The Morgan fingerprint density at radius 2 is 0.784 bits per heavy atom. The first-order valence-corrected chi connectivity index (χ1v) is 37.9. The first-order valence-electron chi connectivity index (χ1n) is 37.9. The summed E-state index contributed by atoms with van der Waals surface area (Å²) in [4.78, 5) is 26.7. The first kappa shape index (κ1) is 83.6. The SMILES string of the molecule is CCCCC/C=C\C/C=C\CCCCCCCCCCCCCCC(O)C(=O)NC(COC1OC(CO)C(O)C(O)C1OC(=O)CCCCCCCCCCCCCCCCC/C=C/CCCCCCCC)C(O)/C=C/CCCCCCCCCCCC. The smallest absolute Gasteiger partial charge is 0.306 e. The van der Waals surface area contributed by atoms with Gasteiger partial charge in [0, 0.05) is 6.42 Å². The molecule has 11 nitrogen and oxygen atoms in total. The summed E-state index contributed by atoms with van der Waals surface area (Å²) in [6.45, 7) is 5.82. The number of amides is 1. The zero-order valence-corrected chi connectivity index (χ0v) is 57.6. The molecule has 1 amide bonds. The van der Waals surface area contributed by atoms with Crippen LogP contribution in [0.2, 0.25) is 0 Å². The Morgan fingerprint density at radius 3 is 1.19 bits per heavy atom. The van der Waals surface area contributed by atoms with Crippen molar-refractivity contribution in [1.82, 2.24) is 5.32 Å². The Balaban J connectivity index is 2.52. The maximum atomic E-state index is 13.5. The van der Waals surface area contributed by atoms with Crippen molar-refractivity contribution < 1.29 is 49.3 Å². The van der Waals surface area contributed by atoms with Gasteiger partial charge in [-0.2, -0.15) is 0 Å². The quantitative estimate of drug-likeness (QED) is 0.0195. The lowest BCUT2D eigenvalue weighted by Gasteiger charge is -2.41. The molecule has 516 valence electrons. The summed E-state index contributed by atoms with van der Waals surface area (Å²) in [7, 11) is 0. The summed E-state index contributed by atoms with van der Waals surface area (Å²) < 4.78 is 17.7. The largest absolute Gasteiger partial charge is 0.454 e. The van der Waals surface area contributed by atoms with Crippen molar-refractivity contribution in [2.45, 2.75) is 416 Å². The molecule has 0 aromatic rings. The van der Waals surface area contributed by atoms with Crippen LogP contribution in [0.15, 0.2) is 48.6 Å². The summed E-state index contributed by atoms with van der Waals surface area (Å²) in [6, 6.07) is -1.02. The van der Waals surface area contributed by atoms with Crippen molar-refractivity contribution in [3.8, 4) is 0 Å². The second kappa shape index (κ2) is 64.7. The molecule has 0 radical (unpaired) electrons. The molecule has 0 aromatic heterocycles. The van der Waals surface area contributed by atoms with Crippen LogP contribution in [0.4, 0.5) is 0 Å². The molecular formula is C77H143NO10. The third-order valence-electron chi connectivity index (χ3n) is 18.0. The molecular weight excluding hydrogens is 1100 g/mol. The lowest BCUT2D eigenvalue weighted by Crippen LogP contribution is -2.61. The van der Waals surface area contributed by atoms with Gasteiger partial charge in [-0.3, -0.25) is 9.59 Å². The van der Waals surface area contributed by atoms with Gasteiger partial charge < -0.3 is 45.1 Å². The number of allylic oxidation sites excluding steroid dienone is 7. The van der Waals surface area contributed by atoms with E-state index in [1.165, 1.54) is 257 Å². The fourth-order valence-corrected chi connectivity index (χ4v) is 12.0. The lowest BCUT2D eigenvalue weighted by atomic mass is 9.99. The first-order chi connectivity index (χ1) is 43.2. The number of nitrogens with one attached hydrogen (secondary N) is 1. The highest BCUT2D eigenvalue weighted by Crippen LogP contribution is 2.27. The van der Waals surface area contributed by atoms with E-state index in [0.29, 0.717) is 19.3 Å². The number of hydrogen-bond acceptors (Lipinski definition) is 10. The predicted octanol–water partition coefficient (Wildman–Crippen LogP) is 19.9. The topological polar surface area (TPSA) is 175 Å². The number of hydrogen-bond donors (Lipinski definition) is 6. The zero-order valence-electron chi connectivity index (χ0n) is 57.6. The van der Waals surface area contributed by atoms with Crippen LogP contribution >= 0.6 is 0 Å². The molecule has 0 aromatic carbocycles. The van der Waals surface area contributed by atoms with Gasteiger partial charge in [-0.25, -0.2) is 0 Å². The number of rotatable bonds is 66. The Labute approximate surface area is 542 Å². The van der Waals surface area contributed by atoms with Crippen LogP contribution in [0, 0.1) is 0 Å². The van der Waals surface area contributed by atoms with Crippen molar-refractivity contribution in [1.29, 1.82) is 0 Å². The van der Waals surface area contributed by atoms with Gasteiger partial charge in [0.05, 0.1) is 25.4 Å². The van der Waals surface area contributed by atoms with Crippen molar-refractivity contribution in [2.75, 3.05) is 13.2 Å². The van der Waals surface area contributed by atoms with E-state index in [4.69, 9.17) is 14.2 Å². The van der Waals surface area contributed by atoms with Gasteiger partial charge in [0.25, 0.3) is 0 Å². The monoisotopic (exact) mass is 1240 g/mol. The Hall–Kier alpha value is -2.38. The Kier molecular flexibility index (Phi) is 61.5. The average Bonchev–Trinajstić information content (AvgIpc) is 2.54. The van der Waals surface area contributed by atoms with E-state index < -0.39 is 67.4 Å². The number of unbranched alkanes of at least 4 members (excludes halogenated alkanes) is 46. The van der Waals surface area contributed by atoms with Crippen LogP contribution in [0.1, 0.15) is 367 Å². The molecule has 8 unspecified atom stereocenters. The fraction of sp³-hybridized carbons (Fsp3) is 0.870. The minimum absolute atomic E-state index is 0.127. The number of aliphatic hydroxyl groups excluding tert-OH is 5. The minimum atomic E-state index is -1.61. The minimum Gasteiger partial charge on any atom is -0.454 e. The third kappa shape index (κ3) is 51.2. The van der Waals surface area contributed by atoms with Crippen LogP contribution in [-0.4, -0.2) is 99.6 Å². The lowest BCUT2D eigenvalue weighted by molar-refractivity contribution is -0.305. The van der Waals surface area contributed by atoms with Crippen LogP contribution in [0.25, 0.3) is 0 Å². The van der Waals surface area contributed by atoms with Gasteiger partial charge in [-0.15, -0.1) is 0 Å². The molecule has 0 bridgehead atoms. The van der Waals surface area contributed by atoms with Gasteiger partial charge in [-0.1, -0.05) is 326 Å². The molecule has 1 saturated heterocycles. The average molecular weight is 1240 g/mol. The molecule has 0 aliphatic carbocycles. The van der Waals surface area contributed by atoms with Crippen LogP contribution in [-0.2, 0) is 23.8 Å². The van der Waals surface area contributed by atoms with Gasteiger partial charge >= 0.3 is 5.97 Å². The van der Waals surface area contributed by atoms with E-state index in [9.17, 15) is 35.1 Å². The highest BCUT2D eigenvalue weighted by atomic mass is 16.7. The number of aliphatic hydroxyl groups is 5. The van der Waals surface area contributed by atoms with Gasteiger partial charge in [-0.05, 0) is 83.5 Å². The van der Waals surface area contributed by atoms with Gasteiger partial charge in [0.2, 0.25) is 5.91 Å². The molecule has 1 aliphatic rings. The molecule has 0 spiro atoms. The molecule has 88 heavy (non-hydrogen) atoms. The standard InChI is InChI=1S/C77H143NO10/c1-4-7-10-13-16-19-22-25-27-29-31-33-35-36-37-39-41-43-45-47-50-53-56-59-62-65-72(82)88-75-74(84)73(83)71(66-79)87-77(75)86-67-68(69(80)63-60-57-54-51-48-24-21-18-15-12-9-6-3)78-76(85)70(81)64-61-58-55-52-49-46-44-42-40-38-34-32-30-28-26-23-20-17-14-11-8-5-2/h17,20,25-28,60,63,68-71,73-75,77,79-81,83-84H,4-16,18-19,21-24,29-59,61-62,64-67H2,1-3H3,(H,78,85)/b20-17-,27-25+,28-26-,63-60+. The van der Waals surface area contributed by atoms with Gasteiger partial charge in [0.15, 0.2) is 12.4 Å². The highest BCUT2D eigenvalue weighted by molar-refractivity contribution is 5.80. The fourth-order valence-electron chi connectivity index (χ4n) is 12.0. The predicted molar refractivity (Wildman–Crippen MR) is 370 cm³/mol. The summed E-state index contributed by atoms with van der Waals surface area (Å²) >= 11 is 0. The zero-order chi connectivity index (χ0) is 63.9. The summed E-state index contributed by atoms with van der Waals surface area (Å²) in [5, 5.41) is 57.3. The molecule has 1 fully saturated rings. The molecule has 1 heterocycles. The van der Waals surface area contributed by atoms with Crippen molar-refractivity contribution in [2.24, 2.45) is 0 Å². The van der Waals surface area contributed by atoms with E-state index in [0.717, 1.165) is 64.2 Å². The van der Waals surface area contributed by atoms with E-state index in [1.807, 2.05) is 6.08 Å². The molecule has 6 N–H and O–H groups in total. The highest BCUT2D eigenvalue weighted by Gasteiger charge is 2.47. The molecule has 0 saturated carbocycles. The van der Waals surface area contributed by atoms with E-state index in [-0.39, 0.29) is 13.0 Å². The van der Waals surface area contributed by atoms with Crippen molar-refractivity contribution in [3.05, 3.63) is 48.6 Å². The normalized spacial score (nSPS) is 18.4. The van der Waals surface area contributed by atoms with Crippen molar-refractivity contribution in [3.63, 3.8) is 0 Å². The second-order valence-corrected chi connectivity index (χ2v) is 26.4. The van der Waals surface area contributed by atoms with Crippen LogP contribution < -0.4 is 5.32 Å². The van der Waals surface area contributed by atoms with Crippen LogP contribution in [0.3, 0.4) is 0 Å². The van der Waals surface area contributed by atoms with E-state index >= 15 is 0 Å². The number of carbonyl (C=O) groups is 2. The summed E-state index contributed by atoms with van der Waals surface area (Å²) in [6.07, 6.45) is 71.6. The second-order valence-electron chi connectivity index (χ2n) is 26.4. The molecule has 1 rings (SSSR count). The summed E-state index contributed by atoms with van der Waals surface area (Å²) in [5.41, 5.74) is 0. The Bertz CT molecular complexity index is 1620. The van der Waals surface area contributed by atoms with Gasteiger partial charge in [0.1, 0.15) is 24.4 Å². The Morgan fingerprint density at radius 1 is 0.443 bits per heavy atom. The maximum Gasteiger partial charge on any atom is 0.306 e. The number of carbonyl (C=O) groups excluding carboxylic acids is 2. The van der Waals surface area contributed by atoms with E-state index in [2.05, 4.69) is 62.5 Å². The molecule has 11 heteroatoms. The molecule has 8 atom stereocenters. The molecule has 1 aliphatic heterocycles. The summed E-state index contributed by atoms with van der Waals surface area (Å²) in [5.74, 6) is -1.18. The third-order valence-corrected chi connectivity index (χ3v) is 18.0. The number of esters is 1. The van der Waals surface area contributed by atoms with Crippen molar-refractivity contribution >= 4 is 11.9 Å².